The number of rotatable bonds is 3. The molecule has 1 aliphatic heterocycles. The third-order valence-electron chi connectivity index (χ3n) is 5.33. The molecule has 1 heterocycles. The fraction of sp³-hybridized carbons (Fsp3) is 0.304. The number of carbonyl (C=O) groups excluding carboxylic acids is 2. The number of hydrogen-bond donors (Lipinski definition) is 1. The topological polar surface area (TPSA) is 63.6 Å². The minimum absolute atomic E-state index is 0.0545. The lowest BCUT2D eigenvalue weighted by Gasteiger charge is -2.38. The summed E-state index contributed by atoms with van der Waals surface area (Å²) in [5.41, 5.74) is 1.92. The Hall–Kier alpha value is -2.88. The smallest absolute Gasteiger partial charge is 0.163 e. The number of ether oxygens (including phenoxy) is 1. The molecule has 1 unspecified atom stereocenters. The zero-order valence-electron chi connectivity index (χ0n) is 15.5. The van der Waals surface area contributed by atoms with E-state index in [4.69, 9.17) is 4.74 Å². The van der Waals surface area contributed by atoms with Crippen LogP contribution in [0.5, 0.6) is 11.5 Å². The number of ketones is 2. The summed E-state index contributed by atoms with van der Waals surface area (Å²) in [6.45, 7) is 4.13. The van der Waals surface area contributed by atoms with E-state index in [0.29, 0.717) is 29.7 Å². The summed E-state index contributed by atoms with van der Waals surface area (Å²) in [5, 5.41) is 9.45. The zero-order chi connectivity index (χ0) is 19.2. The van der Waals surface area contributed by atoms with Crippen LogP contribution >= 0.6 is 0 Å². The van der Waals surface area contributed by atoms with E-state index in [9.17, 15) is 14.7 Å². The number of phenols is 1. The van der Waals surface area contributed by atoms with E-state index in [1.807, 2.05) is 24.3 Å². The first-order valence-electron chi connectivity index (χ1n) is 9.19. The minimum Gasteiger partial charge on any atom is -0.508 e. The van der Waals surface area contributed by atoms with E-state index in [-0.39, 0.29) is 35.1 Å². The standard InChI is InChI=1S/C23H22O4/c1-23(2)12-19(26)22-17(11-18(25)14-7-9-15(24)10-8-14)16-5-3-4-6-20(16)27-21(22)13-23/h3-10,17,24H,11-13H2,1-2H3. The van der Waals surface area contributed by atoms with Crippen molar-refractivity contribution < 1.29 is 19.4 Å². The second-order valence-corrected chi connectivity index (χ2v) is 8.14. The van der Waals surface area contributed by atoms with Crippen LogP contribution in [0.25, 0.3) is 0 Å². The van der Waals surface area contributed by atoms with Crippen molar-refractivity contribution >= 4 is 11.6 Å². The van der Waals surface area contributed by atoms with Crippen LogP contribution in [-0.4, -0.2) is 16.7 Å². The molecule has 1 aliphatic carbocycles. The maximum Gasteiger partial charge on any atom is 0.163 e. The van der Waals surface area contributed by atoms with Gasteiger partial charge in [0.2, 0.25) is 0 Å². The average Bonchev–Trinajstić information content (AvgIpc) is 2.60. The van der Waals surface area contributed by atoms with Crippen LogP contribution in [0, 0.1) is 5.41 Å². The molecule has 2 aliphatic rings. The van der Waals surface area contributed by atoms with Gasteiger partial charge in [-0.1, -0.05) is 32.0 Å². The van der Waals surface area contributed by atoms with Gasteiger partial charge in [-0.05, 0) is 35.7 Å². The highest BCUT2D eigenvalue weighted by Gasteiger charge is 2.41. The van der Waals surface area contributed by atoms with Gasteiger partial charge in [0.05, 0.1) is 0 Å². The van der Waals surface area contributed by atoms with Crippen LogP contribution in [0.15, 0.2) is 59.9 Å². The summed E-state index contributed by atoms with van der Waals surface area (Å²) in [6.07, 6.45) is 1.35. The van der Waals surface area contributed by atoms with E-state index in [1.54, 1.807) is 12.1 Å². The molecular weight excluding hydrogens is 340 g/mol. The number of para-hydroxylation sites is 1. The van der Waals surface area contributed by atoms with E-state index in [1.165, 1.54) is 12.1 Å². The van der Waals surface area contributed by atoms with Crippen molar-refractivity contribution in [3.05, 3.63) is 71.0 Å². The summed E-state index contributed by atoms with van der Waals surface area (Å²) in [6, 6.07) is 13.9. The van der Waals surface area contributed by atoms with E-state index < -0.39 is 0 Å². The van der Waals surface area contributed by atoms with Crippen molar-refractivity contribution in [1.29, 1.82) is 0 Å². The molecule has 0 bridgehead atoms. The Balaban J connectivity index is 1.74. The first kappa shape index (κ1) is 17.5. The summed E-state index contributed by atoms with van der Waals surface area (Å²) in [4.78, 5) is 25.8. The van der Waals surface area contributed by atoms with Crippen molar-refractivity contribution in [2.45, 2.75) is 39.0 Å². The highest BCUT2D eigenvalue weighted by Crippen LogP contribution is 2.48. The summed E-state index contributed by atoms with van der Waals surface area (Å²) >= 11 is 0. The second-order valence-electron chi connectivity index (χ2n) is 8.14. The lowest BCUT2D eigenvalue weighted by molar-refractivity contribution is -0.118. The van der Waals surface area contributed by atoms with Gasteiger partial charge in [-0.15, -0.1) is 0 Å². The van der Waals surface area contributed by atoms with Gasteiger partial charge in [0, 0.05) is 41.9 Å². The third-order valence-corrected chi connectivity index (χ3v) is 5.33. The Morgan fingerprint density at radius 1 is 1.11 bits per heavy atom. The molecular formula is C23H22O4. The minimum atomic E-state index is -0.296. The molecule has 0 saturated heterocycles. The first-order valence-corrected chi connectivity index (χ1v) is 9.19. The van der Waals surface area contributed by atoms with Crippen molar-refractivity contribution in [2.75, 3.05) is 0 Å². The average molecular weight is 362 g/mol. The van der Waals surface area contributed by atoms with Gasteiger partial charge in [0.1, 0.15) is 17.3 Å². The summed E-state index contributed by atoms with van der Waals surface area (Å²) < 4.78 is 6.09. The van der Waals surface area contributed by atoms with Crippen molar-refractivity contribution in [3.63, 3.8) is 0 Å². The van der Waals surface area contributed by atoms with Crippen LogP contribution < -0.4 is 4.74 Å². The number of hydrogen-bond acceptors (Lipinski definition) is 4. The Kier molecular flexibility index (Phi) is 4.14. The summed E-state index contributed by atoms with van der Waals surface area (Å²) in [7, 11) is 0. The molecule has 4 heteroatoms. The molecule has 2 aromatic rings. The Labute approximate surface area is 158 Å². The number of phenolic OH excluding ortho intramolecular Hbond substituents is 1. The highest BCUT2D eigenvalue weighted by molar-refractivity contribution is 6.02. The van der Waals surface area contributed by atoms with Crippen LogP contribution in [0.1, 0.15) is 54.9 Å². The number of benzene rings is 2. The number of carbonyl (C=O) groups is 2. The van der Waals surface area contributed by atoms with E-state index >= 15 is 0 Å². The van der Waals surface area contributed by atoms with Gasteiger partial charge in [0.15, 0.2) is 11.6 Å². The molecule has 0 radical (unpaired) electrons. The molecule has 2 aromatic carbocycles. The van der Waals surface area contributed by atoms with Gasteiger partial charge in [-0.2, -0.15) is 0 Å². The molecule has 0 fully saturated rings. The fourth-order valence-electron chi connectivity index (χ4n) is 4.07. The summed E-state index contributed by atoms with van der Waals surface area (Å²) in [5.74, 6) is 1.27. The number of allylic oxidation sites excluding steroid dienone is 2. The Morgan fingerprint density at radius 2 is 1.81 bits per heavy atom. The van der Waals surface area contributed by atoms with Crippen molar-refractivity contribution in [3.8, 4) is 11.5 Å². The molecule has 1 N–H and O–H groups in total. The van der Waals surface area contributed by atoms with Crippen LogP contribution in [0.3, 0.4) is 0 Å². The first-order chi connectivity index (χ1) is 12.8. The monoisotopic (exact) mass is 362 g/mol. The Bertz CT molecular complexity index is 951. The van der Waals surface area contributed by atoms with Crippen LogP contribution in [-0.2, 0) is 4.79 Å². The van der Waals surface area contributed by atoms with E-state index in [0.717, 1.165) is 11.3 Å². The van der Waals surface area contributed by atoms with Gasteiger partial charge in [-0.25, -0.2) is 0 Å². The number of Topliss-reactive ketones (excluding diaryl/α,β-unsaturated/α-hetero) is 2. The number of aromatic hydroxyl groups is 1. The van der Waals surface area contributed by atoms with Crippen molar-refractivity contribution in [1.82, 2.24) is 0 Å². The molecule has 0 amide bonds. The predicted molar refractivity (Wildman–Crippen MR) is 102 cm³/mol. The molecule has 1 atom stereocenters. The molecule has 4 rings (SSSR count). The molecule has 0 saturated carbocycles. The fourth-order valence-corrected chi connectivity index (χ4v) is 4.07. The third kappa shape index (κ3) is 3.27. The molecule has 138 valence electrons. The van der Waals surface area contributed by atoms with Crippen LogP contribution in [0.4, 0.5) is 0 Å². The molecule has 0 aromatic heterocycles. The van der Waals surface area contributed by atoms with Gasteiger partial charge >= 0.3 is 0 Å². The van der Waals surface area contributed by atoms with E-state index in [2.05, 4.69) is 13.8 Å². The molecule has 4 nitrogen and oxygen atoms in total. The molecule has 27 heavy (non-hydrogen) atoms. The quantitative estimate of drug-likeness (QED) is 0.798. The van der Waals surface area contributed by atoms with Gasteiger partial charge in [-0.3, -0.25) is 9.59 Å². The van der Waals surface area contributed by atoms with Gasteiger partial charge in [0.25, 0.3) is 0 Å². The second kappa shape index (κ2) is 6.38. The Morgan fingerprint density at radius 3 is 2.56 bits per heavy atom. The predicted octanol–water partition coefficient (Wildman–Crippen LogP) is 4.78. The maximum absolute atomic E-state index is 12.9. The normalized spacial score (nSPS) is 20.5. The SMILES string of the molecule is CC1(C)CC(=O)C2=C(C1)Oc1ccccc1C2CC(=O)c1ccc(O)cc1. The van der Waals surface area contributed by atoms with Gasteiger partial charge < -0.3 is 9.84 Å². The van der Waals surface area contributed by atoms with Crippen molar-refractivity contribution in [2.24, 2.45) is 5.41 Å². The maximum atomic E-state index is 12.9. The highest BCUT2D eigenvalue weighted by atomic mass is 16.5. The van der Waals surface area contributed by atoms with Crippen LogP contribution in [0.2, 0.25) is 0 Å². The lowest BCUT2D eigenvalue weighted by atomic mass is 9.70. The molecule has 0 spiro atoms. The zero-order valence-corrected chi connectivity index (χ0v) is 15.5. The number of fused-ring (bicyclic) bond motifs is 1. The lowest BCUT2D eigenvalue weighted by Crippen LogP contribution is -2.33. The largest absolute Gasteiger partial charge is 0.508 e.